The van der Waals surface area contributed by atoms with Crippen molar-refractivity contribution in [3.63, 3.8) is 0 Å². The predicted molar refractivity (Wildman–Crippen MR) is 103 cm³/mol. The maximum atomic E-state index is 12.5. The van der Waals surface area contributed by atoms with Gasteiger partial charge < -0.3 is 15.3 Å². The van der Waals surface area contributed by atoms with Crippen LogP contribution in [0.15, 0.2) is 0 Å². The van der Waals surface area contributed by atoms with Crippen LogP contribution < -0.4 is 5.32 Å². The van der Waals surface area contributed by atoms with Gasteiger partial charge in [0, 0.05) is 25.7 Å². The van der Waals surface area contributed by atoms with E-state index in [4.69, 9.17) is 5.11 Å². The van der Waals surface area contributed by atoms with Crippen LogP contribution in [-0.2, 0) is 4.79 Å². The molecule has 1 aliphatic heterocycles. The number of carbonyl (C=O) groups is 2. The van der Waals surface area contributed by atoms with E-state index >= 15 is 0 Å². The Morgan fingerprint density at radius 3 is 2.31 bits per heavy atom. The molecule has 0 radical (unpaired) electrons. The monoisotopic (exact) mass is 367 g/mol. The van der Waals surface area contributed by atoms with E-state index in [-0.39, 0.29) is 18.6 Å². The van der Waals surface area contributed by atoms with Crippen molar-refractivity contribution < 1.29 is 14.7 Å². The van der Waals surface area contributed by atoms with E-state index in [2.05, 4.69) is 12.2 Å². The molecule has 2 amide bonds. The second-order valence-electron chi connectivity index (χ2n) is 7.95. The number of urea groups is 1. The summed E-state index contributed by atoms with van der Waals surface area (Å²) in [7, 11) is 0. The van der Waals surface area contributed by atoms with Gasteiger partial charge in [-0.1, -0.05) is 46.0 Å². The molecule has 0 bridgehead atoms. The van der Waals surface area contributed by atoms with Crippen LogP contribution in [0.4, 0.5) is 4.79 Å². The number of amides is 2. The minimum atomic E-state index is -0.777. The van der Waals surface area contributed by atoms with Gasteiger partial charge in [-0.25, -0.2) is 4.79 Å². The summed E-state index contributed by atoms with van der Waals surface area (Å²) in [5.41, 5.74) is 0. The molecule has 1 saturated heterocycles. The summed E-state index contributed by atoms with van der Waals surface area (Å²) in [6, 6.07) is 0.331. The molecule has 6 nitrogen and oxygen atoms in total. The lowest BCUT2D eigenvalue weighted by Crippen LogP contribution is -2.51. The highest BCUT2D eigenvalue weighted by molar-refractivity contribution is 5.74. The van der Waals surface area contributed by atoms with Crippen LogP contribution in [0.3, 0.4) is 0 Å². The molecule has 26 heavy (non-hydrogen) atoms. The highest BCUT2D eigenvalue weighted by Gasteiger charge is 2.29. The van der Waals surface area contributed by atoms with Gasteiger partial charge >= 0.3 is 12.0 Å². The fourth-order valence-corrected chi connectivity index (χ4v) is 4.74. The first-order valence-corrected chi connectivity index (χ1v) is 10.5. The molecule has 0 aromatic heterocycles. The number of nitrogens with one attached hydrogen (secondary N) is 1. The zero-order valence-corrected chi connectivity index (χ0v) is 16.6. The van der Waals surface area contributed by atoms with Gasteiger partial charge in [0.15, 0.2) is 0 Å². The van der Waals surface area contributed by atoms with Crippen LogP contribution >= 0.6 is 0 Å². The van der Waals surface area contributed by atoms with Gasteiger partial charge in [-0.15, -0.1) is 0 Å². The van der Waals surface area contributed by atoms with Crippen molar-refractivity contribution in [1.29, 1.82) is 0 Å². The van der Waals surface area contributed by atoms with Crippen molar-refractivity contribution in [1.82, 2.24) is 15.1 Å². The first kappa shape index (κ1) is 21.0. The molecule has 2 aliphatic rings. The number of likely N-dealkylation sites (N-methyl/N-ethyl adjacent to an activating group) is 1. The number of rotatable bonds is 8. The Balaban J connectivity index is 1.74. The lowest BCUT2D eigenvalue weighted by molar-refractivity contribution is -0.139. The fourth-order valence-electron chi connectivity index (χ4n) is 4.74. The second kappa shape index (κ2) is 10.8. The number of carboxylic acid groups (broad SMARTS) is 1. The van der Waals surface area contributed by atoms with Crippen molar-refractivity contribution in [2.24, 2.45) is 11.8 Å². The van der Waals surface area contributed by atoms with Gasteiger partial charge in [0.1, 0.15) is 0 Å². The first-order valence-electron chi connectivity index (χ1n) is 10.5. The number of nitrogens with zero attached hydrogens (tertiary/aromatic N) is 2. The predicted octanol–water partition coefficient (Wildman–Crippen LogP) is 3.17. The molecule has 0 aromatic carbocycles. The van der Waals surface area contributed by atoms with Crippen molar-refractivity contribution >= 4 is 12.0 Å². The van der Waals surface area contributed by atoms with E-state index in [1.54, 1.807) is 0 Å². The molecule has 1 saturated carbocycles. The Kier molecular flexibility index (Phi) is 8.69. The van der Waals surface area contributed by atoms with Crippen molar-refractivity contribution in [3.05, 3.63) is 0 Å². The number of piperidine rings is 1. The molecule has 6 heteroatoms. The number of carbonyl (C=O) groups excluding carboxylic acids is 1. The van der Waals surface area contributed by atoms with Crippen LogP contribution in [0, 0.1) is 11.8 Å². The molecule has 2 N–H and O–H groups in total. The van der Waals surface area contributed by atoms with E-state index in [9.17, 15) is 9.59 Å². The Labute approximate surface area is 158 Å². The minimum absolute atomic E-state index is 0.0607. The third-order valence-electron chi connectivity index (χ3n) is 6.25. The van der Waals surface area contributed by atoms with E-state index in [0.29, 0.717) is 5.92 Å². The largest absolute Gasteiger partial charge is 0.480 e. The third-order valence-corrected chi connectivity index (χ3v) is 6.25. The quantitative estimate of drug-likeness (QED) is 0.691. The van der Waals surface area contributed by atoms with Crippen LogP contribution in [-0.4, -0.2) is 65.7 Å². The van der Waals surface area contributed by atoms with Crippen LogP contribution in [0.2, 0.25) is 0 Å². The zero-order chi connectivity index (χ0) is 18.9. The molecule has 2 atom stereocenters. The SMILES string of the molecule is CCCC1CCCCC1CNC(=O)N1CCC(N(CC)CC(=O)O)CC1. The molecule has 2 unspecified atom stereocenters. The summed E-state index contributed by atoms with van der Waals surface area (Å²) >= 11 is 0. The van der Waals surface area contributed by atoms with Gasteiger partial charge in [0.05, 0.1) is 6.54 Å². The van der Waals surface area contributed by atoms with E-state index in [1.807, 2.05) is 16.7 Å². The standard InChI is InChI=1S/C20H37N3O3/c1-3-7-16-8-5-6-9-17(16)14-21-20(26)23-12-10-18(11-13-23)22(4-2)15-19(24)25/h16-18H,3-15H2,1-2H3,(H,21,26)(H,24,25). The maximum Gasteiger partial charge on any atom is 0.317 e. The summed E-state index contributed by atoms with van der Waals surface area (Å²) in [6.45, 7) is 7.32. The summed E-state index contributed by atoms with van der Waals surface area (Å²) in [5.74, 6) is 0.631. The zero-order valence-electron chi connectivity index (χ0n) is 16.6. The summed E-state index contributed by atoms with van der Waals surface area (Å²) in [6.07, 6.45) is 9.42. The van der Waals surface area contributed by atoms with Crippen LogP contribution in [0.1, 0.15) is 65.2 Å². The third kappa shape index (κ3) is 6.15. The van der Waals surface area contributed by atoms with Gasteiger partial charge in [-0.3, -0.25) is 9.69 Å². The Bertz CT molecular complexity index is 448. The average molecular weight is 368 g/mol. The number of aliphatic carboxylic acids is 1. The Morgan fingerprint density at radius 2 is 1.73 bits per heavy atom. The van der Waals surface area contributed by atoms with Gasteiger partial charge in [-0.2, -0.15) is 0 Å². The Hall–Kier alpha value is -1.30. The molecule has 0 spiro atoms. The second-order valence-corrected chi connectivity index (χ2v) is 7.95. The summed E-state index contributed by atoms with van der Waals surface area (Å²) in [4.78, 5) is 27.4. The smallest absolute Gasteiger partial charge is 0.317 e. The van der Waals surface area contributed by atoms with Crippen LogP contribution in [0.25, 0.3) is 0 Å². The Morgan fingerprint density at radius 1 is 1.08 bits per heavy atom. The average Bonchev–Trinajstić information content (AvgIpc) is 2.65. The van der Waals surface area contributed by atoms with E-state index in [0.717, 1.165) is 44.9 Å². The van der Waals surface area contributed by atoms with Crippen molar-refractivity contribution in [2.75, 3.05) is 32.7 Å². The van der Waals surface area contributed by atoms with Crippen LogP contribution in [0.5, 0.6) is 0 Å². The molecular formula is C20H37N3O3. The van der Waals surface area contributed by atoms with E-state index < -0.39 is 5.97 Å². The lowest BCUT2D eigenvalue weighted by Gasteiger charge is -2.38. The molecule has 2 rings (SSSR count). The number of carboxylic acids is 1. The van der Waals surface area contributed by atoms with Gasteiger partial charge in [-0.05, 0) is 37.6 Å². The van der Waals surface area contributed by atoms with Crippen molar-refractivity contribution in [2.45, 2.75) is 71.3 Å². The molecule has 150 valence electrons. The molecule has 0 aromatic rings. The van der Waals surface area contributed by atoms with Gasteiger partial charge in [0.25, 0.3) is 0 Å². The number of hydrogen-bond acceptors (Lipinski definition) is 3. The molecule has 1 aliphatic carbocycles. The number of likely N-dealkylation sites (tertiary alicyclic amines) is 1. The topological polar surface area (TPSA) is 72.9 Å². The maximum absolute atomic E-state index is 12.5. The summed E-state index contributed by atoms with van der Waals surface area (Å²) in [5, 5.41) is 12.2. The normalized spacial score (nSPS) is 24.7. The molecule has 2 fully saturated rings. The molecule has 1 heterocycles. The fraction of sp³-hybridized carbons (Fsp3) is 0.900. The van der Waals surface area contributed by atoms with E-state index in [1.165, 1.54) is 38.5 Å². The lowest BCUT2D eigenvalue weighted by atomic mass is 9.77. The summed E-state index contributed by atoms with van der Waals surface area (Å²) < 4.78 is 0. The number of hydrogen-bond donors (Lipinski definition) is 2. The highest BCUT2D eigenvalue weighted by Crippen LogP contribution is 2.32. The van der Waals surface area contributed by atoms with Gasteiger partial charge in [0.2, 0.25) is 0 Å². The van der Waals surface area contributed by atoms with Crippen molar-refractivity contribution in [3.8, 4) is 0 Å². The minimum Gasteiger partial charge on any atom is -0.480 e. The highest BCUT2D eigenvalue weighted by atomic mass is 16.4. The first-order chi connectivity index (χ1) is 12.5. The molecular weight excluding hydrogens is 330 g/mol.